The summed E-state index contributed by atoms with van der Waals surface area (Å²) in [5.74, 6) is 0.922. The largest absolute Gasteiger partial charge is 0.497 e. The van der Waals surface area contributed by atoms with Gasteiger partial charge in [0.15, 0.2) is 5.12 Å². The van der Waals surface area contributed by atoms with Crippen LogP contribution < -0.4 is 4.74 Å². The Balaban J connectivity index is 2.06. The highest BCUT2D eigenvalue weighted by Crippen LogP contribution is 2.31. The lowest BCUT2D eigenvalue weighted by Crippen LogP contribution is -2.28. The first-order valence-corrected chi connectivity index (χ1v) is 7.50. The van der Waals surface area contributed by atoms with Gasteiger partial charge in [-0.15, -0.1) is 0 Å². The van der Waals surface area contributed by atoms with Crippen LogP contribution >= 0.6 is 11.8 Å². The van der Waals surface area contributed by atoms with E-state index < -0.39 is 0 Å². The van der Waals surface area contributed by atoms with Crippen LogP contribution in [0.4, 0.5) is 0 Å². The lowest BCUT2D eigenvalue weighted by Gasteiger charge is -2.25. The van der Waals surface area contributed by atoms with E-state index in [9.17, 15) is 9.59 Å². The fraction of sp³-hybridized carbons (Fsp3) is 0.467. The van der Waals surface area contributed by atoms with E-state index in [0.29, 0.717) is 13.0 Å². The zero-order valence-corrected chi connectivity index (χ0v) is 12.8. The van der Waals surface area contributed by atoms with Gasteiger partial charge in [-0.05, 0) is 24.6 Å². The summed E-state index contributed by atoms with van der Waals surface area (Å²) in [5, 5.41) is 0.155. The number of hydrogen-bond donors (Lipinski definition) is 0. The molecule has 0 aromatic heterocycles. The van der Waals surface area contributed by atoms with E-state index in [2.05, 4.69) is 0 Å². The number of hydrogen-bond acceptors (Lipinski definition) is 4. The molecule has 2 atom stereocenters. The maximum Gasteiger partial charge on any atom is 0.224 e. The Labute approximate surface area is 123 Å². The van der Waals surface area contributed by atoms with Crippen LogP contribution in [0.3, 0.4) is 0 Å². The average molecular weight is 293 g/mol. The second kappa shape index (κ2) is 6.31. The number of benzene rings is 1. The van der Waals surface area contributed by atoms with Crippen molar-refractivity contribution >= 4 is 22.8 Å². The molecule has 4 nitrogen and oxygen atoms in total. The lowest BCUT2D eigenvalue weighted by atomic mass is 10.1. The van der Waals surface area contributed by atoms with Crippen LogP contribution in [0.1, 0.15) is 31.9 Å². The third-order valence-electron chi connectivity index (χ3n) is 3.52. The number of carbonyl (C=O) groups is 2. The second-order valence-electron chi connectivity index (χ2n) is 4.93. The summed E-state index contributed by atoms with van der Waals surface area (Å²) in [6.45, 7) is 4.20. The van der Waals surface area contributed by atoms with Crippen LogP contribution in [0.2, 0.25) is 0 Å². The number of thioether (sulfide) groups is 1. The second-order valence-corrected chi connectivity index (χ2v) is 6.41. The molecule has 0 radical (unpaired) electrons. The molecule has 20 heavy (non-hydrogen) atoms. The Kier molecular flexibility index (Phi) is 4.70. The molecule has 0 N–H and O–H groups in total. The van der Waals surface area contributed by atoms with Crippen molar-refractivity contribution in [2.24, 2.45) is 0 Å². The van der Waals surface area contributed by atoms with Crippen LogP contribution in [0, 0.1) is 0 Å². The summed E-state index contributed by atoms with van der Waals surface area (Å²) in [7, 11) is 1.63. The number of methoxy groups -OCH3 is 1. The van der Waals surface area contributed by atoms with Gasteiger partial charge in [0.25, 0.3) is 0 Å². The molecule has 2 unspecified atom stereocenters. The Bertz CT molecular complexity index is 500. The first-order chi connectivity index (χ1) is 9.51. The van der Waals surface area contributed by atoms with Gasteiger partial charge in [-0.3, -0.25) is 9.59 Å². The van der Waals surface area contributed by atoms with E-state index >= 15 is 0 Å². The van der Waals surface area contributed by atoms with Gasteiger partial charge in [0.2, 0.25) is 5.91 Å². The first kappa shape index (κ1) is 14.9. The van der Waals surface area contributed by atoms with Gasteiger partial charge in [0.1, 0.15) is 5.75 Å². The predicted molar refractivity (Wildman–Crippen MR) is 79.8 cm³/mol. The summed E-state index contributed by atoms with van der Waals surface area (Å²) >= 11 is 1.27. The Hall–Kier alpha value is -1.49. The molecule has 1 saturated heterocycles. The van der Waals surface area contributed by atoms with Crippen LogP contribution in [0.5, 0.6) is 5.75 Å². The lowest BCUT2D eigenvalue weighted by molar-refractivity contribution is -0.129. The van der Waals surface area contributed by atoms with Crippen molar-refractivity contribution in [3.05, 3.63) is 29.8 Å². The van der Waals surface area contributed by atoms with E-state index in [4.69, 9.17) is 4.74 Å². The monoisotopic (exact) mass is 293 g/mol. The molecule has 0 saturated carbocycles. The van der Waals surface area contributed by atoms with Crippen molar-refractivity contribution in [1.82, 2.24) is 4.90 Å². The Morgan fingerprint density at radius 1 is 1.40 bits per heavy atom. The summed E-state index contributed by atoms with van der Waals surface area (Å²) in [4.78, 5) is 25.1. The van der Waals surface area contributed by atoms with Crippen molar-refractivity contribution in [3.8, 4) is 5.75 Å². The number of ether oxygens (including phenoxy) is 1. The normalized spacial score (nSPS) is 20.1. The highest BCUT2D eigenvalue weighted by molar-refractivity contribution is 8.14. The minimum Gasteiger partial charge on any atom is -0.497 e. The van der Waals surface area contributed by atoms with E-state index in [1.54, 1.807) is 14.0 Å². The van der Waals surface area contributed by atoms with E-state index in [1.165, 1.54) is 11.8 Å². The summed E-state index contributed by atoms with van der Waals surface area (Å²) in [6, 6.07) is 7.76. The minimum atomic E-state index is 0.0194. The Morgan fingerprint density at radius 3 is 2.60 bits per heavy atom. The summed E-state index contributed by atoms with van der Waals surface area (Å²) in [6.07, 6.45) is 0.449. The Morgan fingerprint density at radius 2 is 2.05 bits per heavy atom. The molecule has 108 valence electrons. The molecule has 0 aliphatic carbocycles. The van der Waals surface area contributed by atoms with Gasteiger partial charge in [-0.25, -0.2) is 0 Å². The zero-order valence-electron chi connectivity index (χ0n) is 12.0. The standard InChI is InChI=1S/C15H19NO3S/c1-10(12-4-6-13(19-3)7-5-12)16-9-14(8-15(16)18)20-11(2)17/h4-7,10,14H,8-9H2,1-3H3. The quantitative estimate of drug-likeness (QED) is 0.856. The molecule has 1 aliphatic heterocycles. The predicted octanol–water partition coefficient (Wildman–Crippen LogP) is 2.64. The van der Waals surface area contributed by atoms with Gasteiger partial charge >= 0.3 is 0 Å². The number of amides is 1. The van der Waals surface area contributed by atoms with Crippen molar-refractivity contribution in [2.45, 2.75) is 31.6 Å². The smallest absolute Gasteiger partial charge is 0.224 e. The van der Waals surface area contributed by atoms with E-state index in [-0.39, 0.29) is 22.3 Å². The van der Waals surface area contributed by atoms with Crippen LogP contribution in [0.15, 0.2) is 24.3 Å². The number of nitrogens with zero attached hydrogens (tertiary/aromatic N) is 1. The molecule has 0 spiro atoms. The topological polar surface area (TPSA) is 46.6 Å². The SMILES string of the molecule is COc1ccc(C(C)N2CC(SC(C)=O)CC2=O)cc1. The van der Waals surface area contributed by atoms with Crippen molar-refractivity contribution in [2.75, 3.05) is 13.7 Å². The van der Waals surface area contributed by atoms with Crippen molar-refractivity contribution in [3.63, 3.8) is 0 Å². The molecule has 1 aliphatic rings. The molecular formula is C15H19NO3S. The van der Waals surface area contributed by atoms with Crippen LogP contribution in [-0.4, -0.2) is 34.8 Å². The molecule has 2 rings (SSSR count). The maximum atomic E-state index is 12.1. The molecule has 5 heteroatoms. The molecule has 0 bridgehead atoms. The summed E-state index contributed by atoms with van der Waals surface area (Å²) < 4.78 is 5.13. The molecule has 1 heterocycles. The van der Waals surface area contributed by atoms with Gasteiger partial charge in [-0.1, -0.05) is 23.9 Å². The van der Waals surface area contributed by atoms with Crippen molar-refractivity contribution < 1.29 is 14.3 Å². The van der Waals surface area contributed by atoms with Gasteiger partial charge < -0.3 is 9.64 Å². The van der Waals surface area contributed by atoms with Crippen LogP contribution in [0.25, 0.3) is 0 Å². The highest BCUT2D eigenvalue weighted by Gasteiger charge is 2.34. The zero-order chi connectivity index (χ0) is 14.7. The molecule has 1 fully saturated rings. The molecule has 1 amide bonds. The number of carbonyl (C=O) groups excluding carboxylic acids is 2. The molecule has 1 aromatic carbocycles. The van der Waals surface area contributed by atoms with E-state index in [1.807, 2.05) is 36.1 Å². The van der Waals surface area contributed by atoms with Crippen molar-refractivity contribution in [1.29, 1.82) is 0 Å². The molecule has 1 aromatic rings. The fourth-order valence-corrected chi connectivity index (χ4v) is 3.38. The molecular weight excluding hydrogens is 274 g/mol. The van der Waals surface area contributed by atoms with E-state index in [0.717, 1.165) is 11.3 Å². The van der Waals surface area contributed by atoms with Gasteiger partial charge in [-0.2, -0.15) is 0 Å². The number of likely N-dealkylation sites (tertiary alicyclic amines) is 1. The summed E-state index contributed by atoms with van der Waals surface area (Å²) in [5.41, 5.74) is 1.08. The third kappa shape index (κ3) is 3.33. The third-order valence-corrected chi connectivity index (χ3v) is 4.50. The fourth-order valence-electron chi connectivity index (χ4n) is 2.45. The number of rotatable bonds is 4. The average Bonchev–Trinajstić information content (AvgIpc) is 2.78. The minimum absolute atomic E-state index is 0.0194. The highest BCUT2D eigenvalue weighted by atomic mass is 32.2. The maximum absolute atomic E-state index is 12.1. The van der Waals surface area contributed by atoms with Gasteiger partial charge in [0, 0.05) is 25.1 Å². The van der Waals surface area contributed by atoms with Gasteiger partial charge in [0.05, 0.1) is 13.2 Å². The first-order valence-electron chi connectivity index (χ1n) is 6.62. The van der Waals surface area contributed by atoms with Crippen LogP contribution in [-0.2, 0) is 9.59 Å².